The van der Waals surface area contributed by atoms with Gasteiger partial charge in [0.2, 0.25) is 0 Å². The Bertz CT molecular complexity index is 411. The van der Waals surface area contributed by atoms with Crippen molar-refractivity contribution in [1.82, 2.24) is 5.32 Å². The summed E-state index contributed by atoms with van der Waals surface area (Å²) < 4.78 is 6.68. The first-order valence-electron chi connectivity index (χ1n) is 7.38. The maximum absolute atomic E-state index is 5.41. The van der Waals surface area contributed by atoms with Crippen molar-refractivity contribution < 1.29 is 4.74 Å². The molecule has 1 saturated carbocycles. The van der Waals surface area contributed by atoms with Gasteiger partial charge in [0.1, 0.15) is 0 Å². The van der Waals surface area contributed by atoms with Crippen molar-refractivity contribution in [1.29, 1.82) is 0 Å². The second-order valence-corrected chi connectivity index (χ2v) is 6.71. The molecular formula is C16H22BrNO. The average Bonchev–Trinajstić information content (AvgIpc) is 2.87. The summed E-state index contributed by atoms with van der Waals surface area (Å²) in [5.41, 5.74) is 1.48. The average molecular weight is 324 g/mol. The van der Waals surface area contributed by atoms with Crippen LogP contribution in [0, 0.1) is 5.92 Å². The number of nitrogens with one attached hydrogen (secondary N) is 1. The monoisotopic (exact) mass is 323 g/mol. The molecule has 104 valence electrons. The predicted octanol–water partition coefficient (Wildman–Crippen LogP) is 3.71. The lowest BCUT2D eigenvalue weighted by atomic mass is 9.76. The Kier molecular flexibility index (Phi) is 4.57. The summed E-state index contributed by atoms with van der Waals surface area (Å²) in [7, 11) is 0. The molecule has 1 atom stereocenters. The van der Waals surface area contributed by atoms with Crippen molar-refractivity contribution in [2.24, 2.45) is 5.92 Å². The summed E-state index contributed by atoms with van der Waals surface area (Å²) >= 11 is 3.65. The first-order valence-corrected chi connectivity index (χ1v) is 8.18. The van der Waals surface area contributed by atoms with E-state index in [-0.39, 0.29) is 0 Å². The Labute approximate surface area is 124 Å². The first kappa shape index (κ1) is 13.6. The Morgan fingerprint density at radius 2 is 2.11 bits per heavy atom. The van der Waals surface area contributed by atoms with E-state index >= 15 is 0 Å². The fourth-order valence-corrected chi connectivity index (χ4v) is 3.76. The van der Waals surface area contributed by atoms with Crippen molar-refractivity contribution in [2.45, 2.75) is 37.6 Å². The van der Waals surface area contributed by atoms with Crippen molar-refractivity contribution in [3.8, 4) is 0 Å². The van der Waals surface area contributed by atoms with Crippen molar-refractivity contribution in [3.05, 3.63) is 34.3 Å². The molecule has 2 nitrogen and oxygen atoms in total. The molecule has 3 heteroatoms. The lowest BCUT2D eigenvalue weighted by Gasteiger charge is -2.37. The molecule has 2 fully saturated rings. The number of rotatable bonds is 5. The molecule has 3 rings (SSSR count). The molecule has 1 saturated heterocycles. The highest BCUT2D eigenvalue weighted by Crippen LogP contribution is 2.39. The third-order valence-corrected chi connectivity index (χ3v) is 5.21. The maximum atomic E-state index is 5.41. The Balaban J connectivity index is 1.37. The zero-order valence-corrected chi connectivity index (χ0v) is 12.9. The van der Waals surface area contributed by atoms with Gasteiger partial charge in [-0.05, 0) is 55.7 Å². The molecule has 2 aliphatic rings. The summed E-state index contributed by atoms with van der Waals surface area (Å²) in [5, 5.41) is 3.69. The fraction of sp³-hybridized carbons (Fsp3) is 0.625. The first-order chi connectivity index (χ1) is 9.33. The van der Waals surface area contributed by atoms with E-state index in [0.29, 0.717) is 0 Å². The van der Waals surface area contributed by atoms with E-state index < -0.39 is 0 Å². The van der Waals surface area contributed by atoms with Gasteiger partial charge in [0, 0.05) is 23.7 Å². The van der Waals surface area contributed by atoms with Gasteiger partial charge in [-0.2, -0.15) is 0 Å². The second-order valence-electron chi connectivity index (χ2n) is 5.86. The molecule has 1 N–H and O–H groups in total. The SMILES string of the molecule is Brc1ccccc1C1CC(NCCC2CCOC2)C1. The van der Waals surface area contributed by atoms with Crippen LogP contribution in [0.1, 0.15) is 37.2 Å². The Morgan fingerprint density at radius 3 is 2.84 bits per heavy atom. The molecule has 1 aromatic rings. The van der Waals surface area contributed by atoms with Crippen LogP contribution in [0.5, 0.6) is 0 Å². The van der Waals surface area contributed by atoms with Crippen LogP contribution >= 0.6 is 15.9 Å². The molecule has 1 aliphatic carbocycles. The third kappa shape index (κ3) is 3.39. The van der Waals surface area contributed by atoms with E-state index in [0.717, 1.165) is 37.6 Å². The minimum Gasteiger partial charge on any atom is -0.381 e. The van der Waals surface area contributed by atoms with E-state index in [1.807, 2.05) is 0 Å². The second kappa shape index (κ2) is 6.38. The minimum atomic E-state index is 0.722. The number of hydrogen-bond donors (Lipinski definition) is 1. The number of halogens is 1. The largest absolute Gasteiger partial charge is 0.381 e. The van der Waals surface area contributed by atoms with Crippen molar-refractivity contribution in [3.63, 3.8) is 0 Å². The lowest BCUT2D eigenvalue weighted by molar-refractivity contribution is 0.183. The summed E-state index contributed by atoms with van der Waals surface area (Å²) in [5.74, 6) is 1.54. The smallest absolute Gasteiger partial charge is 0.0495 e. The van der Waals surface area contributed by atoms with Crippen LogP contribution in [0.4, 0.5) is 0 Å². The van der Waals surface area contributed by atoms with Crippen LogP contribution in [0.15, 0.2) is 28.7 Å². The highest BCUT2D eigenvalue weighted by Gasteiger charge is 2.30. The van der Waals surface area contributed by atoms with E-state index in [1.54, 1.807) is 0 Å². The van der Waals surface area contributed by atoms with Gasteiger partial charge >= 0.3 is 0 Å². The van der Waals surface area contributed by atoms with Crippen LogP contribution in [-0.4, -0.2) is 25.8 Å². The van der Waals surface area contributed by atoms with Crippen LogP contribution < -0.4 is 5.32 Å². The zero-order chi connectivity index (χ0) is 13.1. The van der Waals surface area contributed by atoms with Gasteiger partial charge in [-0.3, -0.25) is 0 Å². The molecule has 1 aliphatic heterocycles. The summed E-state index contributed by atoms with van der Waals surface area (Å²) in [6.07, 6.45) is 5.09. The van der Waals surface area contributed by atoms with Crippen LogP contribution in [0.25, 0.3) is 0 Å². The molecule has 0 aromatic heterocycles. The summed E-state index contributed by atoms with van der Waals surface area (Å²) in [4.78, 5) is 0. The van der Waals surface area contributed by atoms with Crippen molar-refractivity contribution in [2.75, 3.05) is 19.8 Å². The van der Waals surface area contributed by atoms with Gasteiger partial charge in [-0.25, -0.2) is 0 Å². The molecule has 1 heterocycles. The molecule has 19 heavy (non-hydrogen) atoms. The van der Waals surface area contributed by atoms with Gasteiger partial charge in [0.25, 0.3) is 0 Å². The lowest BCUT2D eigenvalue weighted by Crippen LogP contribution is -2.41. The molecule has 0 bridgehead atoms. The standard InChI is InChI=1S/C16H22BrNO/c17-16-4-2-1-3-15(16)13-9-14(10-13)18-7-5-12-6-8-19-11-12/h1-4,12-14,18H,5-11H2. The minimum absolute atomic E-state index is 0.722. The quantitative estimate of drug-likeness (QED) is 0.891. The van der Waals surface area contributed by atoms with Crippen LogP contribution in [0.2, 0.25) is 0 Å². The topological polar surface area (TPSA) is 21.3 Å². The van der Waals surface area contributed by atoms with Gasteiger partial charge < -0.3 is 10.1 Å². The number of hydrogen-bond acceptors (Lipinski definition) is 2. The van der Waals surface area contributed by atoms with Crippen LogP contribution in [-0.2, 0) is 4.74 Å². The van der Waals surface area contributed by atoms with Gasteiger partial charge in [-0.15, -0.1) is 0 Å². The van der Waals surface area contributed by atoms with Gasteiger partial charge in [-0.1, -0.05) is 34.1 Å². The zero-order valence-electron chi connectivity index (χ0n) is 11.3. The van der Waals surface area contributed by atoms with E-state index in [9.17, 15) is 0 Å². The molecule has 1 unspecified atom stereocenters. The maximum Gasteiger partial charge on any atom is 0.0495 e. The number of ether oxygens (including phenoxy) is 1. The van der Waals surface area contributed by atoms with Crippen molar-refractivity contribution >= 4 is 15.9 Å². The van der Waals surface area contributed by atoms with E-state index in [1.165, 1.54) is 35.7 Å². The van der Waals surface area contributed by atoms with Gasteiger partial charge in [0.15, 0.2) is 0 Å². The highest BCUT2D eigenvalue weighted by atomic mass is 79.9. The van der Waals surface area contributed by atoms with E-state index in [2.05, 4.69) is 45.5 Å². The van der Waals surface area contributed by atoms with Crippen LogP contribution in [0.3, 0.4) is 0 Å². The molecule has 0 radical (unpaired) electrons. The Morgan fingerprint density at radius 1 is 1.26 bits per heavy atom. The fourth-order valence-electron chi connectivity index (χ4n) is 3.15. The molecule has 0 amide bonds. The summed E-state index contributed by atoms with van der Waals surface area (Å²) in [6.45, 7) is 3.10. The van der Waals surface area contributed by atoms with E-state index in [4.69, 9.17) is 4.74 Å². The van der Waals surface area contributed by atoms with Gasteiger partial charge in [0.05, 0.1) is 0 Å². The molecule has 1 aromatic carbocycles. The molecular weight excluding hydrogens is 302 g/mol. The third-order valence-electron chi connectivity index (χ3n) is 4.49. The Hall–Kier alpha value is -0.380. The highest BCUT2D eigenvalue weighted by molar-refractivity contribution is 9.10. The molecule has 0 spiro atoms. The number of benzene rings is 1. The summed E-state index contributed by atoms with van der Waals surface area (Å²) in [6, 6.07) is 9.35. The normalized spacial score (nSPS) is 30.3. The predicted molar refractivity (Wildman–Crippen MR) is 81.5 cm³/mol.